The van der Waals surface area contributed by atoms with Crippen molar-refractivity contribution >= 4 is 39.7 Å². The number of fused-ring (bicyclic) bond motifs is 1. The van der Waals surface area contributed by atoms with Crippen molar-refractivity contribution in [1.82, 2.24) is 9.88 Å². The van der Waals surface area contributed by atoms with E-state index in [0.29, 0.717) is 22.0 Å². The van der Waals surface area contributed by atoms with Gasteiger partial charge in [-0.05, 0) is 54.1 Å². The maximum atomic E-state index is 13.2. The molecule has 0 aliphatic heterocycles. The van der Waals surface area contributed by atoms with E-state index in [9.17, 15) is 9.59 Å². The molecule has 0 aliphatic rings. The first kappa shape index (κ1) is 20.4. The zero-order valence-corrected chi connectivity index (χ0v) is 18.3. The maximum absolute atomic E-state index is 13.2. The van der Waals surface area contributed by atoms with Gasteiger partial charge in [-0.3, -0.25) is 9.59 Å². The number of aryl methyl sites for hydroxylation is 2. The molecular formula is C24H21ClN2O2S. The first-order valence-corrected chi connectivity index (χ1v) is 10.9. The Hall–Kier alpha value is -2.89. The van der Waals surface area contributed by atoms with Gasteiger partial charge in [-0.1, -0.05) is 48.0 Å². The second-order valence-corrected chi connectivity index (χ2v) is 8.70. The first-order valence-electron chi connectivity index (χ1n) is 9.62. The van der Waals surface area contributed by atoms with E-state index in [1.54, 1.807) is 17.0 Å². The van der Waals surface area contributed by atoms with Gasteiger partial charge < -0.3 is 9.88 Å². The maximum Gasteiger partial charge on any atom is 0.264 e. The minimum absolute atomic E-state index is 0.120. The molecule has 0 spiro atoms. The van der Waals surface area contributed by atoms with Crippen LogP contribution in [0, 0.1) is 13.8 Å². The lowest BCUT2D eigenvalue weighted by atomic mass is 10.0. The van der Waals surface area contributed by atoms with E-state index >= 15 is 0 Å². The number of nitrogens with zero attached hydrogens (tertiary/aromatic N) is 1. The minimum atomic E-state index is -0.181. The second-order valence-electron chi connectivity index (χ2n) is 7.34. The molecule has 1 amide bonds. The van der Waals surface area contributed by atoms with Crippen LogP contribution >= 0.6 is 22.9 Å². The van der Waals surface area contributed by atoms with E-state index in [2.05, 4.69) is 4.98 Å². The van der Waals surface area contributed by atoms with Crippen molar-refractivity contribution in [3.8, 4) is 0 Å². The molecule has 2 heterocycles. The Morgan fingerprint density at radius 2 is 1.73 bits per heavy atom. The fourth-order valence-electron chi connectivity index (χ4n) is 3.53. The van der Waals surface area contributed by atoms with Crippen LogP contribution < -0.4 is 5.56 Å². The fraction of sp³-hybridized carbons (Fsp3) is 0.167. The number of H-pyrrole nitrogens is 1. The number of halogens is 1. The molecule has 2 aromatic carbocycles. The third-order valence-corrected chi connectivity index (χ3v) is 6.45. The topological polar surface area (TPSA) is 53.2 Å². The number of nitrogens with one attached hydrogen (secondary N) is 1. The lowest BCUT2D eigenvalue weighted by Crippen LogP contribution is -2.32. The number of aromatic amines is 1. The lowest BCUT2D eigenvalue weighted by Gasteiger charge is -2.23. The van der Waals surface area contributed by atoms with Crippen molar-refractivity contribution in [1.29, 1.82) is 0 Å². The normalized spacial score (nSPS) is 11.0. The molecule has 0 unspecified atom stereocenters. The summed E-state index contributed by atoms with van der Waals surface area (Å²) in [4.78, 5) is 31.4. The van der Waals surface area contributed by atoms with Crippen molar-refractivity contribution in [3.05, 3.63) is 102 Å². The van der Waals surface area contributed by atoms with Crippen LogP contribution in [0.2, 0.25) is 5.02 Å². The minimum Gasteiger partial charge on any atom is -0.329 e. The van der Waals surface area contributed by atoms with Crippen molar-refractivity contribution in [2.24, 2.45) is 0 Å². The van der Waals surface area contributed by atoms with Crippen LogP contribution in [0.15, 0.2) is 64.8 Å². The molecule has 0 atom stereocenters. The fourth-order valence-corrected chi connectivity index (χ4v) is 4.42. The Labute approximate surface area is 183 Å². The predicted molar refractivity (Wildman–Crippen MR) is 123 cm³/mol. The number of hydrogen-bond donors (Lipinski definition) is 1. The summed E-state index contributed by atoms with van der Waals surface area (Å²) in [5, 5.41) is 3.46. The number of rotatable bonds is 5. The van der Waals surface area contributed by atoms with Gasteiger partial charge in [0.2, 0.25) is 0 Å². The summed E-state index contributed by atoms with van der Waals surface area (Å²) in [6, 6.07) is 17.0. The molecule has 152 valence electrons. The number of hydrogen-bond acceptors (Lipinski definition) is 3. The molecule has 0 bridgehead atoms. The van der Waals surface area contributed by atoms with Crippen LogP contribution in [0.4, 0.5) is 0 Å². The van der Waals surface area contributed by atoms with Crippen LogP contribution in [-0.4, -0.2) is 15.8 Å². The Morgan fingerprint density at radius 3 is 2.47 bits per heavy atom. The van der Waals surface area contributed by atoms with Gasteiger partial charge in [0.05, 0.1) is 16.9 Å². The number of amides is 1. The molecule has 0 aliphatic carbocycles. The average molecular weight is 437 g/mol. The smallest absolute Gasteiger partial charge is 0.264 e. The molecule has 0 fully saturated rings. The summed E-state index contributed by atoms with van der Waals surface area (Å²) in [6.45, 7) is 4.50. The van der Waals surface area contributed by atoms with E-state index in [1.807, 2.05) is 61.7 Å². The van der Waals surface area contributed by atoms with E-state index in [4.69, 9.17) is 11.6 Å². The zero-order chi connectivity index (χ0) is 21.3. The van der Waals surface area contributed by atoms with Gasteiger partial charge in [-0.25, -0.2) is 0 Å². The van der Waals surface area contributed by atoms with Gasteiger partial charge in [0.25, 0.3) is 11.5 Å². The molecular weight excluding hydrogens is 416 g/mol. The number of benzene rings is 2. The highest BCUT2D eigenvalue weighted by molar-refractivity contribution is 7.12. The highest BCUT2D eigenvalue weighted by Gasteiger charge is 2.20. The predicted octanol–water partition coefficient (Wildman–Crippen LogP) is 5.70. The van der Waals surface area contributed by atoms with E-state index in [1.165, 1.54) is 11.3 Å². The molecule has 4 aromatic rings. The Morgan fingerprint density at radius 1 is 1.00 bits per heavy atom. The molecule has 0 radical (unpaired) electrons. The van der Waals surface area contributed by atoms with Crippen LogP contribution in [0.25, 0.3) is 10.9 Å². The second kappa shape index (κ2) is 8.46. The quantitative estimate of drug-likeness (QED) is 0.436. The lowest BCUT2D eigenvalue weighted by molar-refractivity contribution is 0.0734. The highest BCUT2D eigenvalue weighted by atomic mass is 35.5. The van der Waals surface area contributed by atoms with Crippen molar-refractivity contribution < 1.29 is 4.79 Å². The van der Waals surface area contributed by atoms with Crippen molar-refractivity contribution in [2.45, 2.75) is 26.9 Å². The van der Waals surface area contributed by atoms with E-state index in [0.717, 1.165) is 27.6 Å². The summed E-state index contributed by atoms with van der Waals surface area (Å²) < 4.78 is 0. The number of thiophene rings is 1. The average Bonchev–Trinajstić information content (AvgIpc) is 3.27. The third kappa shape index (κ3) is 4.04. The SMILES string of the molecule is Cc1ccc(C)c2[nH]c(=O)c(CN(Cc3ccccc3Cl)C(=O)c3cccs3)cc12. The molecule has 4 nitrogen and oxygen atoms in total. The number of carbonyl (C=O) groups is 1. The summed E-state index contributed by atoms with van der Waals surface area (Å²) in [5.41, 5.74) is 4.14. The highest BCUT2D eigenvalue weighted by Crippen LogP contribution is 2.23. The molecule has 6 heteroatoms. The van der Waals surface area contributed by atoms with E-state index < -0.39 is 0 Å². The monoisotopic (exact) mass is 436 g/mol. The summed E-state index contributed by atoms with van der Waals surface area (Å²) >= 11 is 7.73. The van der Waals surface area contributed by atoms with Crippen molar-refractivity contribution in [3.63, 3.8) is 0 Å². The standard InChI is InChI=1S/C24H21ClN2O2S/c1-15-9-10-16(2)22-19(15)12-18(23(28)26-22)14-27(24(29)21-8-5-11-30-21)13-17-6-3-4-7-20(17)25/h3-12H,13-14H2,1-2H3,(H,26,28). The summed E-state index contributed by atoms with van der Waals surface area (Å²) in [7, 11) is 0. The van der Waals surface area contributed by atoms with Gasteiger partial charge in [0, 0.05) is 22.5 Å². The Balaban J connectivity index is 1.75. The molecule has 1 N–H and O–H groups in total. The number of aromatic nitrogens is 1. The van der Waals surface area contributed by atoms with Gasteiger partial charge in [-0.2, -0.15) is 0 Å². The van der Waals surface area contributed by atoms with Gasteiger partial charge >= 0.3 is 0 Å². The Bertz CT molecular complexity index is 1280. The van der Waals surface area contributed by atoms with Gasteiger partial charge in [-0.15, -0.1) is 11.3 Å². The largest absolute Gasteiger partial charge is 0.329 e. The molecule has 0 saturated carbocycles. The third-order valence-electron chi connectivity index (χ3n) is 5.22. The van der Waals surface area contributed by atoms with Crippen LogP contribution in [0.3, 0.4) is 0 Å². The number of pyridine rings is 1. The van der Waals surface area contributed by atoms with Crippen molar-refractivity contribution in [2.75, 3.05) is 0 Å². The van der Waals surface area contributed by atoms with Gasteiger partial charge in [0.15, 0.2) is 0 Å². The zero-order valence-electron chi connectivity index (χ0n) is 16.7. The van der Waals surface area contributed by atoms with Crippen LogP contribution in [0.5, 0.6) is 0 Å². The molecule has 4 rings (SSSR count). The number of carbonyl (C=O) groups excluding carboxylic acids is 1. The Kier molecular flexibility index (Phi) is 5.75. The van der Waals surface area contributed by atoms with Gasteiger partial charge in [0.1, 0.15) is 0 Å². The summed E-state index contributed by atoms with van der Waals surface area (Å²) in [6.07, 6.45) is 0. The van der Waals surface area contributed by atoms with E-state index in [-0.39, 0.29) is 18.0 Å². The van der Waals surface area contributed by atoms with Crippen LogP contribution in [0.1, 0.15) is 31.9 Å². The van der Waals surface area contributed by atoms with Crippen LogP contribution in [-0.2, 0) is 13.1 Å². The summed E-state index contributed by atoms with van der Waals surface area (Å²) in [5.74, 6) is -0.120. The first-order chi connectivity index (χ1) is 14.4. The molecule has 2 aromatic heterocycles. The molecule has 30 heavy (non-hydrogen) atoms. The molecule has 0 saturated heterocycles.